The summed E-state index contributed by atoms with van der Waals surface area (Å²) >= 11 is 17.1. The van der Waals surface area contributed by atoms with Gasteiger partial charge in [0, 0.05) is 12.1 Å². The van der Waals surface area contributed by atoms with Crippen LogP contribution >= 0.6 is 35.4 Å². The van der Waals surface area contributed by atoms with E-state index in [0.717, 1.165) is 11.1 Å². The highest BCUT2D eigenvalue weighted by Crippen LogP contribution is 2.29. The largest absolute Gasteiger partial charge is 0.451 e. The average Bonchev–Trinajstić information content (AvgIpc) is 3.13. The molecular formula is C19H14Cl2N2O2S. The molecule has 0 unspecified atom stereocenters. The second-order valence-corrected chi connectivity index (χ2v) is 6.64. The Morgan fingerprint density at radius 3 is 2.50 bits per heavy atom. The maximum atomic E-state index is 12.3. The highest BCUT2D eigenvalue weighted by atomic mass is 35.5. The first-order chi connectivity index (χ1) is 12.5. The van der Waals surface area contributed by atoms with Crippen molar-refractivity contribution < 1.29 is 9.21 Å². The van der Waals surface area contributed by atoms with Crippen molar-refractivity contribution in [3.63, 3.8) is 0 Å². The van der Waals surface area contributed by atoms with Gasteiger partial charge < -0.3 is 9.73 Å². The van der Waals surface area contributed by atoms with E-state index in [0.29, 0.717) is 22.4 Å². The van der Waals surface area contributed by atoms with Gasteiger partial charge in [-0.15, -0.1) is 0 Å². The van der Waals surface area contributed by atoms with E-state index in [1.807, 2.05) is 30.3 Å². The normalized spacial score (nSPS) is 10.4. The molecule has 1 aromatic heterocycles. The molecular weight excluding hydrogens is 391 g/mol. The van der Waals surface area contributed by atoms with E-state index in [9.17, 15) is 4.79 Å². The van der Waals surface area contributed by atoms with Crippen molar-refractivity contribution in [1.82, 2.24) is 10.6 Å². The number of hydrogen-bond acceptors (Lipinski definition) is 3. The van der Waals surface area contributed by atoms with Gasteiger partial charge >= 0.3 is 0 Å². The molecule has 0 aliphatic heterocycles. The lowest BCUT2D eigenvalue weighted by Gasteiger charge is -2.08. The predicted octanol–water partition coefficient (Wildman–Crippen LogP) is 5.06. The Morgan fingerprint density at radius 2 is 1.77 bits per heavy atom. The smallest absolute Gasteiger partial charge is 0.293 e. The molecule has 0 saturated carbocycles. The number of hydrogen-bond donors (Lipinski definition) is 2. The van der Waals surface area contributed by atoms with Gasteiger partial charge in [0.25, 0.3) is 5.91 Å². The van der Waals surface area contributed by atoms with Crippen LogP contribution < -0.4 is 10.6 Å². The summed E-state index contributed by atoms with van der Waals surface area (Å²) in [5.74, 6) is 0.230. The quantitative estimate of drug-likeness (QED) is 0.596. The topological polar surface area (TPSA) is 54.3 Å². The third kappa shape index (κ3) is 4.64. The third-order valence-corrected chi connectivity index (χ3v) is 4.54. The fraction of sp³-hybridized carbons (Fsp3) is 0.0526. The summed E-state index contributed by atoms with van der Waals surface area (Å²) in [4.78, 5) is 12.3. The Bertz CT molecular complexity index is 942. The second-order valence-electron chi connectivity index (χ2n) is 5.42. The molecule has 0 spiro atoms. The number of thiocarbonyl (C=S) groups is 1. The molecule has 26 heavy (non-hydrogen) atoms. The van der Waals surface area contributed by atoms with Crippen molar-refractivity contribution in [3.8, 4) is 11.3 Å². The molecule has 0 saturated heterocycles. The maximum absolute atomic E-state index is 12.3. The van der Waals surface area contributed by atoms with Crippen molar-refractivity contribution in [2.24, 2.45) is 0 Å². The van der Waals surface area contributed by atoms with E-state index >= 15 is 0 Å². The summed E-state index contributed by atoms with van der Waals surface area (Å²) in [6.45, 7) is 0.520. The zero-order valence-electron chi connectivity index (χ0n) is 13.5. The van der Waals surface area contributed by atoms with Gasteiger partial charge in [-0.05, 0) is 48.1 Å². The number of halogens is 2. The minimum atomic E-state index is -0.429. The molecule has 1 heterocycles. The molecule has 3 aromatic rings. The van der Waals surface area contributed by atoms with Crippen LogP contribution in [0.15, 0.2) is 65.1 Å². The van der Waals surface area contributed by atoms with Gasteiger partial charge in [0.1, 0.15) is 5.76 Å². The second kappa shape index (κ2) is 8.36. The number of carbonyl (C=O) groups excluding carboxylic acids is 1. The molecule has 0 atom stereocenters. The molecule has 3 rings (SSSR count). The lowest BCUT2D eigenvalue weighted by molar-refractivity contribution is 0.0950. The van der Waals surface area contributed by atoms with Crippen LogP contribution in [0.25, 0.3) is 11.3 Å². The Kier molecular flexibility index (Phi) is 5.93. The van der Waals surface area contributed by atoms with E-state index in [2.05, 4.69) is 10.6 Å². The fourth-order valence-electron chi connectivity index (χ4n) is 2.25. The molecule has 0 aliphatic carbocycles. The van der Waals surface area contributed by atoms with Gasteiger partial charge in [0.05, 0.1) is 10.0 Å². The number of amides is 1. The van der Waals surface area contributed by atoms with Gasteiger partial charge in [-0.2, -0.15) is 0 Å². The molecule has 4 nitrogen and oxygen atoms in total. The molecule has 0 aliphatic rings. The summed E-state index contributed by atoms with van der Waals surface area (Å²) in [5, 5.41) is 6.67. The van der Waals surface area contributed by atoms with Crippen LogP contribution in [0.5, 0.6) is 0 Å². The monoisotopic (exact) mass is 404 g/mol. The first-order valence-corrected chi connectivity index (χ1v) is 8.88. The molecule has 0 fully saturated rings. The molecule has 2 N–H and O–H groups in total. The standard InChI is InChI=1S/C19H14Cl2N2O2S/c20-14-7-6-13(10-15(14)21)16-8-9-17(25-16)18(24)23-19(26)22-11-12-4-2-1-3-5-12/h1-10H,11H2,(H2,22,23,24,26). The number of furan rings is 1. The fourth-order valence-corrected chi connectivity index (χ4v) is 2.71. The summed E-state index contributed by atoms with van der Waals surface area (Å²) in [7, 11) is 0. The lowest BCUT2D eigenvalue weighted by atomic mass is 10.2. The predicted molar refractivity (Wildman–Crippen MR) is 108 cm³/mol. The van der Waals surface area contributed by atoms with Crippen LogP contribution in [-0.2, 0) is 6.54 Å². The Hall–Kier alpha value is -2.34. The molecule has 7 heteroatoms. The van der Waals surface area contributed by atoms with Crippen molar-refractivity contribution in [1.29, 1.82) is 0 Å². The Labute approximate surface area is 166 Å². The molecule has 0 radical (unpaired) electrons. The Morgan fingerprint density at radius 1 is 1.00 bits per heavy atom. The van der Waals surface area contributed by atoms with Gasteiger partial charge in [0.2, 0.25) is 0 Å². The van der Waals surface area contributed by atoms with Crippen molar-refractivity contribution in [2.75, 3.05) is 0 Å². The summed E-state index contributed by atoms with van der Waals surface area (Å²) < 4.78 is 5.59. The van der Waals surface area contributed by atoms with Gasteiger partial charge in [0.15, 0.2) is 10.9 Å². The number of carbonyl (C=O) groups is 1. The zero-order valence-corrected chi connectivity index (χ0v) is 15.8. The first-order valence-electron chi connectivity index (χ1n) is 7.71. The summed E-state index contributed by atoms with van der Waals surface area (Å²) in [6, 6.07) is 18.1. The van der Waals surface area contributed by atoms with Crippen LogP contribution in [0.4, 0.5) is 0 Å². The average molecular weight is 405 g/mol. The van der Waals surface area contributed by atoms with E-state index < -0.39 is 5.91 Å². The van der Waals surface area contributed by atoms with Crippen molar-refractivity contribution in [3.05, 3.63) is 82.0 Å². The minimum absolute atomic E-state index is 0.148. The van der Waals surface area contributed by atoms with E-state index in [4.69, 9.17) is 39.8 Å². The van der Waals surface area contributed by atoms with E-state index in [-0.39, 0.29) is 10.9 Å². The van der Waals surface area contributed by atoms with Crippen molar-refractivity contribution >= 4 is 46.4 Å². The minimum Gasteiger partial charge on any atom is -0.451 e. The van der Waals surface area contributed by atoms with Crippen molar-refractivity contribution in [2.45, 2.75) is 6.54 Å². The molecule has 0 bridgehead atoms. The highest BCUT2D eigenvalue weighted by Gasteiger charge is 2.14. The van der Waals surface area contributed by atoms with Crippen LogP contribution in [-0.4, -0.2) is 11.0 Å². The summed E-state index contributed by atoms with van der Waals surface area (Å²) in [5.41, 5.74) is 1.78. The Balaban J connectivity index is 1.60. The SMILES string of the molecule is O=C(NC(=S)NCc1ccccc1)c1ccc(-c2ccc(Cl)c(Cl)c2)o1. The van der Waals surface area contributed by atoms with Gasteiger partial charge in [-0.1, -0.05) is 53.5 Å². The number of benzene rings is 2. The van der Waals surface area contributed by atoms with E-state index in [1.165, 1.54) is 0 Å². The number of rotatable bonds is 4. The zero-order chi connectivity index (χ0) is 18.5. The van der Waals surface area contributed by atoms with Crippen LogP contribution in [0.2, 0.25) is 10.0 Å². The molecule has 132 valence electrons. The van der Waals surface area contributed by atoms with Gasteiger partial charge in [-0.25, -0.2) is 0 Å². The van der Waals surface area contributed by atoms with Gasteiger partial charge in [-0.3, -0.25) is 10.1 Å². The lowest BCUT2D eigenvalue weighted by Crippen LogP contribution is -2.38. The summed E-state index contributed by atoms with van der Waals surface area (Å²) in [6.07, 6.45) is 0. The molecule has 2 aromatic carbocycles. The number of nitrogens with one attached hydrogen (secondary N) is 2. The third-order valence-electron chi connectivity index (χ3n) is 3.56. The van der Waals surface area contributed by atoms with Crippen LogP contribution in [0.1, 0.15) is 16.1 Å². The molecule has 1 amide bonds. The highest BCUT2D eigenvalue weighted by molar-refractivity contribution is 7.80. The maximum Gasteiger partial charge on any atom is 0.293 e. The first kappa shape index (κ1) is 18.5. The van der Waals surface area contributed by atoms with Crippen LogP contribution in [0, 0.1) is 0 Å². The van der Waals surface area contributed by atoms with Crippen LogP contribution in [0.3, 0.4) is 0 Å². The van der Waals surface area contributed by atoms with E-state index in [1.54, 1.807) is 30.3 Å².